The zero-order valence-electron chi connectivity index (χ0n) is 10.5. The lowest BCUT2D eigenvalue weighted by Crippen LogP contribution is -2.19. The summed E-state index contributed by atoms with van der Waals surface area (Å²) in [6.45, 7) is 0.557. The molecule has 4 heteroatoms. The van der Waals surface area contributed by atoms with E-state index in [2.05, 4.69) is 0 Å². The second-order valence-corrected chi connectivity index (χ2v) is 5.25. The highest BCUT2D eigenvalue weighted by molar-refractivity contribution is 7.17. The van der Waals surface area contributed by atoms with E-state index in [1.165, 1.54) is 0 Å². The summed E-state index contributed by atoms with van der Waals surface area (Å²) in [6, 6.07) is 11.6. The van der Waals surface area contributed by atoms with Crippen molar-refractivity contribution in [2.24, 2.45) is 0 Å². The van der Waals surface area contributed by atoms with Crippen molar-refractivity contribution in [3.05, 3.63) is 63.9 Å². The fourth-order valence-electron chi connectivity index (χ4n) is 2.10. The molecule has 0 unspecified atom stereocenters. The summed E-state index contributed by atoms with van der Waals surface area (Å²) in [5.41, 5.74) is 1.11. The molecule has 0 radical (unpaired) electrons. The number of methoxy groups -OCH3 is 1. The highest BCUT2D eigenvalue weighted by atomic mass is 32.1. The number of thiophene rings is 1. The van der Waals surface area contributed by atoms with Crippen LogP contribution in [0.1, 0.15) is 5.56 Å². The van der Waals surface area contributed by atoms with Crippen LogP contribution in [-0.4, -0.2) is 11.7 Å². The second kappa shape index (κ2) is 4.90. The van der Waals surface area contributed by atoms with E-state index < -0.39 is 0 Å². The highest BCUT2D eigenvalue weighted by Gasteiger charge is 2.04. The number of benzene rings is 1. The Morgan fingerprint density at radius 2 is 2.16 bits per heavy atom. The lowest BCUT2D eigenvalue weighted by molar-refractivity contribution is 0.414. The SMILES string of the molecule is COc1cccc(Cn2ccc3sccc3c2=O)c1. The van der Waals surface area contributed by atoms with Gasteiger partial charge in [0.25, 0.3) is 5.56 Å². The number of ether oxygens (including phenoxy) is 1. The van der Waals surface area contributed by atoms with Crippen molar-refractivity contribution in [2.75, 3.05) is 7.11 Å². The van der Waals surface area contributed by atoms with Gasteiger partial charge >= 0.3 is 0 Å². The monoisotopic (exact) mass is 271 g/mol. The van der Waals surface area contributed by atoms with E-state index >= 15 is 0 Å². The lowest BCUT2D eigenvalue weighted by atomic mass is 10.2. The predicted octanol–water partition coefficient (Wildman–Crippen LogP) is 3.12. The Labute approximate surface area is 114 Å². The van der Waals surface area contributed by atoms with Gasteiger partial charge in [0.2, 0.25) is 0 Å². The zero-order chi connectivity index (χ0) is 13.2. The first-order chi connectivity index (χ1) is 9.28. The van der Waals surface area contributed by atoms with E-state index in [9.17, 15) is 4.79 Å². The molecule has 0 aliphatic rings. The fraction of sp³-hybridized carbons (Fsp3) is 0.133. The Morgan fingerprint density at radius 1 is 1.26 bits per heavy atom. The van der Waals surface area contributed by atoms with Gasteiger partial charge in [-0.3, -0.25) is 4.79 Å². The molecule has 0 aliphatic carbocycles. The standard InChI is InChI=1S/C15H13NO2S/c1-18-12-4-2-3-11(9-12)10-16-7-5-14-13(15(16)17)6-8-19-14/h2-9H,10H2,1H3. The van der Waals surface area contributed by atoms with Gasteiger partial charge in [-0.25, -0.2) is 0 Å². The Hall–Kier alpha value is -2.07. The van der Waals surface area contributed by atoms with E-state index in [0.29, 0.717) is 6.54 Å². The third kappa shape index (κ3) is 2.27. The number of hydrogen-bond acceptors (Lipinski definition) is 3. The maximum absolute atomic E-state index is 12.3. The van der Waals surface area contributed by atoms with Gasteiger partial charge in [-0.2, -0.15) is 0 Å². The largest absolute Gasteiger partial charge is 0.497 e. The molecule has 0 N–H and O–H groups in total. The molecule has 0 fully saturated rings. The van der Waals surface area contributed by atoms with E-state index in [1.54, 1.807) is 23.0 Å². The smallest absolute Gasteiger partial charge is 0.259 e. The van der Waals surface area contributed by atoms with Gasteiger partial charge in [-0.05, 0) is 35.2 Å². The maximum Gasteiger partial charge on any atom is 0.259 e. The Morgan fingerprint density at radius 3 is 3.00 bits per heavy atom. The van der Waals surface area contributed by atoms with Crippen LogP contribution in [0.3, 0.4) is 0 Å². The summed E-state index contributed by atoms with van der Waals surface area (Å²) in [7, 11) is 1.64. The minimum Gasteiger partial charge on any atom is -0.497 e. The van der Waals surface area contributed by atoms with E-state index in [4.69, 9.17) is 4.74 Å². The van der Waals surface area contributed by atoms with Crippen molar-refractivity contribution in [3.63, 3.8) is 0 Å². The van der Waals surface area contributed by atoms with Crippen molar-refractivity contribution in [2.45, 2.75) is 6.54 Å². The van der Waals surface area contributed by atoms with Crippen LogP contribution in [0.15, 0.2) is 52.8 Å². The molecule has 96 valence electrons. The van der Waals surface area contributed by atoms with Gasteiger partial charge in [-0.1, -0.05) is 12.1 Å². The van der Waals surface area contributed by atoms with Crippen LogP contribution in [0.5, 0.6) is 5.75 Å². The zero-order valence-corrected chi connectivity index (χ0v) is 11.3. The van der Waals surface area contributed by atoms with Gasteiger partial charge in [0.15, 0.2) is 0 Å². The van der Waals surface area contributed by atoms with Crippen LogP contribution in [0.4, 0.5) is 0 Å². The number of hydrogen-bond donors (Lipinski definition) is 0. The molecule has 0 amide bonds. The normalized spacial score (nSPS) is 10.8. The van der Waals surface area contributed by atoms with E-state index in [-0.39, 0.29) is 5.56 Å². The van der Waals surface area contributed by atoms with Gasteiger partial charge in [0, 0.05) is 10.9 Å². The van der Waals surface area contributed by atoms with Crippen LogP contribution in [-0.2, 0) is 6.54 Å². The minimum absolute atomic E-state index is 0.0570. The predicted molar refractivity (Wildman–Crippen MR) is 78.2 cm³/mol. The van der Waals surface area contributed by atoms with Crippen LogP contribution >= 0.6 is 11.3 Å². The van der Waals surface area contributed by atoms with E-state index in [0.717, 1.165) is 21.4 Å². The summed E-state index contributed by atoms with van der Waals surface area (Å²) in [4.78, 5) is 12.3. The number of rotatable bonds is 3. The molecule has 3 rings (SSSR count). The molecule has 2 aromatic heterocycles. The minimum atomic E-state index is 0.0570. The van der Waals surface area contributed by atoms with Crippen molar-refractivity contribution in [1.29, 1.82) is 0 Å². The quantitative estimate of drug-likeness (QED) is 0.733. The summed E-state index contributed by atoms with van der Waals surface area (Å²) in [5.74, 6) is 0.808. The van der Waals surface area contributed by atoms with Crippen molar-refractivity contribution in [1.82, 2.24) is 4.57 Å². The summed E-state index contributed by atoms with van der Waals surface area (Å²) in [5, 5.41) is 2.73. The molecule has 0 saturated heterocycles. The Balaban J connectivity index is 2.00. The number of aromatic nitrogens is 1. The van der Waals surface area contributed by atoms with Crippen LogP contribution < -0.4 is 10.3 Å². The molecule has 19 heavy (non-hydrogen) atoms. The Kier molecular flexibility index (Phi) is 3.09. The molecule has 0 bridgehead atoms. The van der Waals surface area contributed by atoms with Crippen molar-refractivity contribution >= 4 is 21.4 Å². The molecular weight excluding hydrogens is 258 g/mol. The van der Waals surface area contributed by atoms with E-state index in [1.807, 2.05) is 48.0 Å². The average Bonchev–Trinajstić information content (AvgIpc) is 2.91. The van der Waals surface area contributed by atoms with Crippen LogP contribution in [0.25, 0.3) is 10.1 Å². The topological polar surface area (TPSA) is 31.2 Å². The molecule has 0 saturated carbocycles. The first kappa shape index (κ1) is 12.0. The molecule has 1 aromatic carbocycles. The lowest BCUT2D eigenvalue weighted by Gasteiger charge is -2.07. The van der Waals surface area contributed by atoms with Crippen LogP contribution in [0.2, 0.25) is 0 Å². The third-order valence-corrected chi connectivity index (χ3v) is 3.96. The summed E-state index contributed by atoms with van der Waals surface area (Å²) in [6.07, 6.45) is 1.85. The summed E-state index contributed by atoms with van der Waals surface area (Å²) >= 11 is 1.59. The van der Waals surface area contributed by atoms with Gasteiger partial charge in [0.05, 0.1) is 19.0 Å². The summed E-state index contributed by atoms with van der Waals surface area (Å²) < 4.78 is 7.96. The molecule has 0 spiro atoms. The molecule has 3 aromatic rings. The molecule has 3 nitrogen and oxygen atoms in total. The fourth-order valence-corrected chi connectivity index (χ4v) is 2.87. The van der Waals surface area contributed by atoms with Crippen molar-refractivity contribution < 1.29 is 4.74 Å². The second-order valence-electron chi connectivity index (χ2n) is 4.30. The average molecular weight is 271 g/mol. The van der Waals surface area contributed by atoms with Gasteiger partial charge in [0.1, 0.15) is 5.75 Å². The first-order valence-electron chi connectivity index (χ1n) is 5.97. The third-order valence-electron chi connectivity index (χ3n) is 3.08. The number of fused-ring (bicyclic) bond motifs is 1. The maximum atomic E-state index is 12.3. The molecule has 0 aliphatic heterocycles. The molecule has 0 atom stereocenters. The number of nitrogens with zero attached hydrogens (tertiary/aromatic N) is 1. The first-order valence-corrected chi connectivity index (χ1v) is 6.85. The highest BCUT2D eigenvalue weighted by Crippen LogP contribution is 2.17. The van der Waals surface area contributed by atoms with Gasteiger partial charge in [-0.15, -0.1) is 11.3 Å². The molecule has 2 heterocycles. The number of pyridine rings is 1. The van der Waals surface area contributed by atoms with Gasteiger partial charge < -0.3 is 9.30 Å². The van der Waals surface area contributed by atoms with Crippen LogP contribution in [0, 0.1) is 0 Å². The van der Waals surface area contributed by atoms with Crippen molar-refractivity contribution in [3.8, 4) is 5.75 Å². The molecular formula is C15H13NO2S. The Bertz CT molecular complexity index is 773.